The average molecular weight is 367 g/mol. The number of fused-ring (bicyclic) bond motifs is 1. The van der Waals surface area contributed by atoms with Crippen LogP contribution in [0, 0.1) is 5.92 Å². The Bertz CT molecular complexity index is 870. The van der Waals surface area contributed by atoms with Crippen LogP contribution in [-0.2, 0) is 17.9 Å². The third-order valence-electron chi connectivity index (χ3n) is 4.81. The van der Waals surface area contributed by atoms with Crippen LogP contribution in [0.1, 0.15) is 16.9 Å². The van der Waals surface area contributed by atoms with Crippen LogP contribution in [0.4, 0.5) is 0 Å². The van der Waals surface area contributed by atoms with E-state index in [1.54, 1.807) is 11.3 Å². The van der Waals surface area contributed by atoms with Crippen molar-refractivity contribution in [2.24, 2.45) is 5.92 Å². The molecule has 4 rings (SSSR count). The minimum absolute atomic E-state index is 0.223. The van der Waals surface area contributed by atoms with Crippen LogP contribution in [0.2, 0.25) is 0 Å². The van der Waals surface area contributed by atoms with Gasteiger partial charge in [-0.05, 0) is 48.2 Å². The molecule has 1 fully saturated rings. The fourth-order valence-corrected chi connectivity index (χ4v) is 4.37. The van der Waals surface area contributed by atoms with Crippen molar-refractivity contribution in [1.29, 1.82) is 0 Å². The van der Waals surface area contributed by atoms with Gasteiger partial charge in [0.15, 0.2) is 0 Å². The van der Waals surface area contributed by atoms with Crippen molar-refractivity contribution >= 4 is 27.4 Å². The lowest BCUT2D eigenvalue weighted by atomic mass is 10.1. The maximum atomic E-state index is 11.0. The Labute approximate surface area is 156 Å². The van der Waals surface area contributed by atoms with Crippen molar-refractivity contribution in [3.63, 3.8) is 0 Å². The van der Waals surface area contributed by atoms with Gasteiger partial charge in [0, 0.05) is 22.7 Å². The molecule has 0 saturated carbocycles. The molecule has 1 aliphatic rings. The highest BCUT2D eigenvalue weighted by Crippen LogP contribution is 2.26. The van der Waals surface area contributed by atoms with Gasteiger partial charge in [0.05, 0.1) is 5.92 Å². The first-order chi connectivity index (χ1) is 12.7. The number of carboxylic acid groups (broad SMARTS) is 1. The van der Waals surface area contributed by atoms with E-state index in [0.29, 0.717) is 13.2 Å². The van der Waals surface area contributed by atoms with Crippen LogP contribution in [0.3, 0.4) is 0 Å². The average Bonchev–Trinajstić information content (AvgIpc) is 3.27. The molecule has 0 amide bonds. The van der Waals surface area contributed by atoms with Gasteiger partial charge in [-0.1, -0.05) is 30.3 Å². The zero-order valence-corrected chi connectivity index (χ0v) is 15.2. The number of rotatable bonds is 6. The number of hydrogen-bond donors (Lipinski definition) is 1. The molecule has 0 spiro atoms. The molecule has 2 aromatic carbocycles. The molecule has 1 aliphatic heterocycles. The van der Waals surface area contributed by atoms with Crippen molar-refractivity contribution < 1.29 is 14.6 Å². The maximum absolute atomic E-state index is 11.0. The summed E-state index contributed by atoms with van der Waals surface area (Å²) in [6.45, 7) is 2.85. The summed E-state index contributed by atoms with van der Waals surface area (Å²) < 4.78 is 7.20. The van der Waals surface area contributed by atoms with Gasteiger partial charge in [-0.25, -0.2) is 0 Å². The van der Waals surface area contributed by atoms with Gasteiger partial charge in [-0.3, -0.25) is 9.69 Å². The van der Waals surface area contributed by atoms with Crippen LogP contribution in [-0.4, -0.2) is 29.1 Å². The van der Waals surface area contributed by atoms with E-state index in [1.165, 1.54) is 20.5 Å². The Morgan fingerprint density at radius 2 is 2.00 bits per heavy atom. The van der Waals surface area contributed by atoms with E-state index >= 15 is 0 Å². The largest absolute Gasteiger partial charge is 0.488 e. The number of carbonyl (C=O) groups is 1. The number of thiophene rings is 1. The maximum Gasteiger partial charge on any atom is 0.307 e. The highest BCUT2D eigenvalue weighted by molar-refractivity contribution is 7.19. The van der Waals surface area contributed by atoms with E-state index in [1.807, 2.05) is 12.1 Å². The fraction of sp³-hybridized carbons (Fsp3) is 0.286. The lowest BCUT2D eigenvalue weighted by Crippen LogP contribution is -2.22. The molecule has 4 nitrogen and oxygen atoms in total. The normalized spacial score (nSPS) is 17.6. The van der Waals surface area contributed by atoms with Gasteiger partial charge in [-0.15, -0.1) is 11.3 Å². The number of hydrogen-bond acceptors (Lipinski definition) is 4. The molecular formula is C21H21NO3S. The second-order valence-corrected chi connectivity index (χ2v) is 7.91. The Morgan fingerprint density at radius 3 is 2.73 bits per heavy atom. The minimum Gasteiger partial charge on any atom is -0.488 e. The Balaban J connectivity index is 1.32. The molecule has 0 aliphatic carbocycles. The van der Waals surface area contributed by atoms with Crippen LogP contribution in [0.15, 0.2) is 54.6 Å². The second kappa shape index (κ2) is 7.48. The van der Waals surface area contributed by atoms with Crippen molar-refractivity contribution in [1.82, 2.24) is 4.90 Å². The summed E-state index contributed by atoms with van der Waals surface area (Å²) in [5, 5.41) is 10.4. The van der Waals surface area contributed by atoms with Crippen LogP contribution in [0.25, 0.3) is 10.1 Å². The molecule has 134 valence electrons. The molecule has 2 heterocycles. The first kappa shape index (κ1) is 17.1. The van der Waals surface area contributed by atoms with Crippen molar-refractivity contribution in [3.8, 4) is 5.75 Å². The van der Waals surface area contributed by atoms with Gasteiger partial charge in [0.1, 0.15) is 12.4 Å². The summed E-state index contributed by atoms with van der Waals surface area (Å²) in [5.74, 6) is -0.0487. The molecular weight excluding hydrogens is 346 g/mol. The Kier molecular flexibility index (Phi) is 4.91. The first-order valence-electron chi connectivity index (χ1n) is 8.82. The molecule has 3 aromatic rings. The Morgan fingerprint density at radius 1 is 1.19 bits per heavy atom. The number of ether oxygens (including phenoxy) is 1. The zero-order chi connectivity index (χ0) is 17.9. The van der Waals surface area contributed by atoms with E-state index in [2.05, 4.69) is 47.4 Å². The van der Waals surface area contributed by atoms with Crippen LogP contribution < -0.4 is 4.74 Å². The van der Waals surface area contributed by atoms with Crippen LogP contribution >= 0.6 is 11.3 Å². The highest BCUT2D eigenvalue weighted by atomic mass is 32.1. The molecule has 0 radical (unpaired) electrons. The number of carboxylic acids is 1. The molecule has 1 atom stereocenters. The van der Waals surface area contributed by atoms with Gasteiger partial charge in [0.25, 0.3) is 0 Å². The monoisotopic (exact) mass is 367 g/mol. The van der Waals surface area contributed by atoms with Crippen molar-refractivity contribution in [3.05, 3.63) is 65.0 Å². The van der Waals surface area contributed by atoms with E-state index < -0.39 is 5.97 Å². The van der Waals surface area contributed by atoms with Crippen molar-refractivity contribution in [2.45, 2.75) is 19.6 Å². The van der Waals surface area contributed by atoms with Gasteiger partial charge in [-0.2, -0.15) is 0 Å². The van der Waals surface area contributed by atoms with Gasteiger partial charge >= 0.3 is 5.97 Å². The van der Waals surface area contributed by atoms with E-state index in [-0.39, 0.29) is 5.92 Å². The number of nitrogens with zero attached hydrogens (tertiary/aromatic N) is 1. The minimum atomic E-state index is -0.683. The first-order valence-corrected chi connectivity index (χ1v) is 9.63. The summed E-state index contributed by atoms with van der Waals surface area (Å²) in [6, 6.07) is 18.7. The molecule has 1 unspecified atom stereocenters. The quantitative estimate of drug-likeness (QED) is 0.702. The van der Waals surface area contributed by atoms with Gasteiger partial charge < -0.3 is 9.84 Å². The van der Waals surface area contributed by atoms with E-state index in [0.717, 1.165) is 25.3 Å². The number of likely N-dealkylation sites (tertiary alicyclic amines) is 1. The third kappa shape index (κ3) is 3.89. The zero-order valence-electron chi connectivity index (χ0n) is 14.4. The lowest BCUT2D eigenvalue weighted by Gasteiger charge is -2.15. The number of aliphatic carboxylic acids is 1. The molecule has 1 N–H and O–H groups in total. The molecule has 5 heteroatoms. The lowest BCUT2D eigenvalue weighted by molar-refractivity contribution is -0.141. The summed E-state index contributed by atoms with van der Waals surface area (Å²) in [4.78, 5) is 14.5. The Hall–Kier alpha value is -2.37. The predicted molar refractivity (Wildman–Crippen MR) is 104 cm³/mol. The summed E-state index contributed by atoms with van der Waals surface area (Å²) in [7, 11) is 0. The summed E-state index contributed by atoms with van der Waals surface area (Å²) >= 11 is 1.76. The fourth-order valence-electron chi connectivity index (χ4n) is 3.39. The summed E-state index contributed by atoms with van der Waals surface area (Å²) in [6.07, 6.45) is 0.742. The van der Waals surface area contributed by atoms with Crippen molar-refractivity contribution in [2.75, 3.05) is 13.1 Å². The third-order valence-corrected chi connectivity index (χ3v) is 5.90. The highest BCUT2D eigenvalue weighted by Gasteiger charge is 2.27. The molecule has 0 bridgehead atoms. The summed E-state index contributed by atoms with van der Waals surface area (Å²) in [5.41, 5.74) is 1.19. The topological polar surface area (TPSA) is 49.8 Å². The molecule has 1 saturated heterocycles. The standard InChI is InChI=1S/C21H21NO3S/c23-21(24)17-9-10-22(13-17)12-15-5-7-18(8-6-15)25-14-19-11-16-3-1-2-4-20(16)26-19/h1-8,11,17H,9-10,12-14H2,(H,23,24). The molecule has 26 heavy (non-hydrogen) atoms. The smallest absolute Gasteiger partial charge is 0.307 e. The predicted octanol–water partition coefficient (Wildman–Crippen LogP) is 4.39. The van der Waals surface area contributed by atoms with Crippen LogP contribution in [0.5, 0.6) is 5.75 Å². The second-order valence-electron chi connectivity index (χ2n) is 6.74. The number of benzene rings is 2. The molecule has 1 aromatic heterocycles. The SMILES string of the molecule is O=C(O)C1CCN(Cc2ccc(OCc3cc4ccccc4s3)cc2)C1. The van der Waals surface area contributed by atoms with E-state index in [4.69, 9.17) is 9.84 Å². The van der Waals surface area contributed by atoms with Gasteiger partial charge in [0.2, 0.25) is 0 Å². The van der Waals surface area contributed by atoms with E-state index in [9.17, 15) is 4.79 Å².